The topological polar surface area (TPSA) is 114 Å². The van der Waals surface area contributed by atoms with Crippen LogP contribution in [0, 0.1) is 0 Å². The maximum atomic E-state index is 10.6. The molecule has 8 heteroatoms. The molecule has 7 nitrogen and oxygen atoms in total. The zero-order valence-corrected chi connectivity index (χ0v) is 9.57. The molecule has 0 aliphatic carbocycles. The normalized spacial score (nSPS) is 26.1. The van der Waals surface area contributed by atoms with E-state index in [9.17, 15) is 9.59 Å². The molecule has 1 aliphatic rings. The van der Waals surface area contributed by atoms with Crippen molar-refractivity contribution < 1.29 is 23.2 Å². The Hall–Kier alpha value is -1.15. The fourth-order valence-corrected chi connectivity index (χ4v) is 2.26. The fourth-order valence-electron chi connectivity index (χ4n) is 1.38. The van der Waals surface area contributed by atoms with E-state index >= 15 is 0 Å². The molecule has 1 saturated heterocycles. The molecule has 2 amide bonds. The van der Waals surface area contributed by atoms with Crippen LogP contribution in [0.1, 0.15) is 19.8 Å². The number of nitrogens with two attached hydrogens (primary N) is 2. The summed E-state index contributed by atoms with van der Waals surface area (Å²) in [7, 11) is 0. The van der Waals surface area contributed by atoms with E-state index in [1.54, 1.807) is 0 Å². The van der Waals surface area contributed by atoms with Crippen molar-refractivity contribution in [3.05, 3.63) is 0 Å². The van der Waals surface area contributed by atoms with Gasteiger partial charge in [0.2, 0.25) is 0 Å². The molecule has 4 N–H and O–H groups in total. The lowest BCUT2D eigenvalue weighted by atomic mass is 10.1. The third-order valence-corrected chi connectivity index (χ3v) is 2.91. The van der Waals surface area contributed by atoms with Crippen molar-refractivity contribution in [2.75, 3.05) is 0 Å². The van der Waals surface area contributed by atoms with Gasteiger partial charge >= 0.3 is 12.2 Å². The third-order valence-electron chi connectivity index (χ3n) is 2.04. The lowest BCUT2D eigenvalue weighted by Crippen LogP contribution is -2.33. The molecule has 0 radical (unpaired) electrons. The summed E-state index contributed by atoms with van der Waals surface area (Å²) < 4.78 is 14.9. The molecule has 0 spiro atoms. The molecule has 0 bridgehead atoms. The summed E-state index contributed by atoms with van der Waals surface area (Å²) in [6, 6.07) is 0. The van der Waals surface area contributed by atoms with E-state index in [1.165, 1.54) is 0 Å². The van der Waals surface area contributed by atoms with Crippen molar-refractivity contribution in [2.24, 2.45) is 11.5 Å². The molecule has 0 unspecified atom stereocenters. The first-order valence-electron chi connectivity index (χ1n) is 4.77. The summed E-state index contributed by atoms with van der Waals surface area (Å²) in [4.78, 5) is 21.1. The first-order valence-corrected chi connectivity index (χ1v) is 5.57. The SMILES string of the molecule is CC[C@H](OC(N)=O)[C@@H]1C[C@@H](OC(N)=O)SO1. The average molecular weight is 250 g/mol. The first-order chi connectivity index (χ1) is 7.52. The van der Waals surface area contributed by atoms with Crippen LogP contribution in [0.4, 0.5) is 9.59 Å². The third kappa shape index (κ3) is 3.78. The second-order valence-electron chi connectivity index (χ2n) is 3.22. The van der Waals surface area contributed by atoms with Gasteiger partial charge in [0.15, 0.2) is 5.44 Å². The lowest BCUT2D eigenvalue weighted by Gasteiger charge is -2.19. The fraction of sp³-hybridized carbons (Fsp3) is 0.750. The molecule has 0 aromatic carbocycles. The van der Waals surface area contributed by atoms with E-state index in [-0.39, 0.29) is 6.10 Å². The Bertz CT molecular complexity index is 275. The van der Waals surface area contributed by atoms with E-state index < -0.39 is 23.7 Å². The van der Waals surface area contributed by atoms with E-state index in [1.807, 2.05) is 6.92 Å². The highest BCUT2D eigenvalue weighted by Crippen LogP contribution is 2.33. The molecule has 92 valence electrons. The Kier molecular flexibility index (Phi) is 4.69. The van der Waals surface area contributed by atoms with Gasteiger partial charge < -0.3 is 25.1 Å². The van der Waals surface area contributed by atoms with Crippen molar-refractivity contribution in [1.82, 2.24) is 0 Å². The van der Waals surface area contributed by atoms with Gasteiger partial charge in [0, 0.05) is 18.5 Å². The van der Waals surface area contributed by atoms with Gasteiger partial charge in [-0.25, -0.2) is 9.59 Å². The molecule has 1 heterocycles. The van der Waals surface area contributed by atoms with Crippen LogP contribution in [-0.4, -0.2) is 29.8 Å². The zero-order chi connectivity index (χ0) is 12.1. The summed E-state index contributed by atoms with van der Waals surface area (Å²) in [6.07, 6.45) is -1.50. The van der Waals surface area contributed by atoms with Gasteiger partial charge in [-0.3, -0.25) is 0 Å². The minimum Gasteiger partial charge on any atom is -0.444 e. The molecule has 0 aromatic rings. The van der Waals surface area contributed by atoms with Crippen molar-refractivity contribution in [3.8, 4) is 0 Å². The zero-order valence-electron chi connectivity index (χ0n) is 8.75. The summed E-state index contributed by atoms with van der Waals surface area (Å²) in [5.74, 6) is 0. The van der Waals surface area contributed by atoms with Crippen LogP contribution in [-0.2, 0) is 13.7 Å². The number of hydrogen-bond donors (Lipinski definition) is 2. The molecule has 16 heavy (non-hydrogen) atoms. The average Bonchev–Trinajstić information content (AvgIpc) is 2.61. The summed E-state index contributed by atoms with van der Waals surface area (Å²) in [5, 5.41) is 0. The van der Waals surface area contributed by atoms with E-state index in [4.69, 9.17) is 25.1 Å². The Morgan fingerprint density at radius 2 is 2.19 bits per heavy atom. The van der Waals surface area contributed by atoms with Crippen LogP contribution in [0.5, 0.6) is 0 Å². The number of ether oxygens (including phenoxy) is 2. The first kappa shape index (κ1) is 12.9. The Morgan fingerprint density at radius 1 is 1.50 bits per heavy atom. The van der Waals surface area contributed by atoms with Crippen molar-refractivity contribution >= 4 is 24.2 Å². The van der Waals surface area contributed by atoms with Crippen LogP contribution >= 0.6 is 12.0 Å². The molecular formula is C8H14N2O5S. The molecule has 0 aromatic heterocycles. The van der Waals surface area contributed by atoms with Gasteiger partial charge in [0.05, 0.1) is 0 Å². The molecule has 3 atom stereocenters. The maximum Gasteiger partial charge on any atom is 0.405 e. The predicted molar refractivity (Wildman–Crippen MR) is 56.3 cm³/mol. The molecule has 0 saturated carbocycles. The Labute approximate surface area is 97.0 Å². The van der Waals surface area contributed by atoms with Crippen LogP contribution in [0.3, 0.4) is 0 Å². The standard InChI is InChI=1S/C8H14N2O5S/c1-2-4(13-7(9)11)5-3-6(16-15-5)14-8(10)12/h4-6H,2-3H2,1H3,(H2,9,11)(H2,10,12)/t4-,5-,6-/m0/s1. The van der Waals surface area contributed by atoms with E-state index in [0.29, 0.717) is 12.8 Å². The van der Waals surface area contributed by atoms with Crippen molar-refractivity contribution in [3.63, 3.8) is 0 Å². The Balaban J connectivity index is 2.43. The van der Waals surface area contributed by atoms with Crippen LogP contribution in [0.25, 0.3) is 0 Å². The number of carbonyl (C=O) groups excluding carboxylic acids is 2. The van der Waals surface area contributed by atoms with Crippen molar-refractivity contribution in [2.45, 2.75) is 37.4 Å². The number of hydrogen-bond acceptors (Lipinski definition) is 6. The van der Waals surface area contributed by atoms with Gasteiger partial charge in [-0.2, -0.15) is 0 Å². The largest absolute Gasteiger partial charge is 0.444 e. The molecule has 1 fully saturated rings. The minimum absolute atomic E-state index is 0.341. The summed E-state index contributed by atoms with van der Waals surface area (Å²) >= 11 is 0.994. The molecular weight excluding hydrogens is 236 g/mol. The monoisotopic (exact) mass is 250 g/mol. The number of rotatable bonds is 4. The van der Waals surface area contributed by atoms with Crippen LogP contribution in [0.15, 0.2) is 0 Å². The molecule has 1 aliphatic heterocycles. The summed E-state index contributed by atoms with van der Waals surface area (Å²) in [6.45, 7) is 1.84. The van der Waals surface area contributed by atoms with Crippen LogP contribution < -0.4 is 11.5 Å². The van der Waals surface area contributed by atoms with Crippen LogP contribution in [0.2, 0.25) is 0 Å². The van der Waals surface area contributed by atoms with Gasteiger partial charge in [-0.1, -0.05) is 6.92 Å². The Morgan fingerprint density at radius 3 is 2.69 bits per heavy atom. The van der Waals surface area contributed by atoms with Crippen molar-refractivity contribution in [1.29, 1.82) is 0 Å². The van der Waals surface area contributed by atoms with Gasteiger partial charge in [0.1, 0.15) is 12.2 Å². The minimum atomic E-state index is -0.856. The maximum absolute atomic E-state index is 10.6. The van der Waals surface area contributed by atoms with Gasteiger partial charge in [0.25, 0.3) is 0 Å². The van der Waals surface area contributed by atoms with E-state index in [2.05, 4.69) is 0 Å². The lowest BCUT2D eigenvalue weighted by molar-refractivity contribution is 0.0262. The van der Waals surface area contributed by atoms with Gasteiger partial charge in [-0.05, 0) is 6.42 Å². The highest BCUT2D eigenvalue weighted by molar-refractivity contribution is 7.95. The van der Waals surface area contributed by atoms with E-state index in [0.717, 1.165) is 12.0 Å². The summed E-state index contributed by atoms with van der Waals surface area (Å²) in [5.41, 5.74) is 9.33. The number of amides is 2. The highest BCUT2D eigenvalue weighted by atomic mass is 32.2. The predicted octanol–water partition coefficient (Wildman–Crippen LogP) is 0.719. The second-order valence-corrected chi connectivity index (χ2v) is 4.13. The second kappa shape index (κ2) is 5.80. The molecule has 1 rings (SSSR count). The highest BCUT2D eigenvalue weighted by Gasteiger charge is 2.36. The number of carbonyl (C=O) groups is 2. The number of primary amides is 2. The quantitative estimate of drug-likeness (QED) is 0.710. The smallest absolute Gasteiger partial charge is 0.405 e. The van der Waals surface area contributed by atoms with Gasteiger partial charge in [-0.15, -0.1) is 0 Å².